The number of carbonyl (C=O) groups is 2. The number of amides is 2. The maximum absolute atomic E-state index is 13.9. The minimum absolute atomic E-state index is 0.132. The maximum atomic E-state index is 13.9. The van der Waals surface area contributed by atoms with Crippen LogP contribution in [0.3, 0.4) is 0 Å². The molecule has 2 N–H and O–H groups in total. The Kier molecular flexibility index (Phi) is 8.12. The number of nitrogens with one attached hydrogen (secondary N) is 2. The number of thioether (sulfide) groups is 1. The van der Waals surface area contributed by atoms with E-state index in [2.05, 4.69) is 26.6 Å². The van der Waals surface area contributed by atoms with Gasteiger partial charge >= 0.3 is 0 Å². The highest BCUT2D eigenvalue weighted by Crippen LogP contribution is 2.27. The van der Waals surface area contributed by atoms with E-state index >= 15 is 0 Å². The average Bonchev–Trinajstić information content (AvgIpc) is 2.73. The monoisotopic (exact) mass is 520 g/mol. The van der Waals surface area contributed by atoms with Crippen LogP contribution in [0.2, 0.25) is 5.02 Å². The minimum atomic E-state index is -0.501. The van der Waals surface area contributed by atoms with Crippen LogP contribution in [0.15, 0.2) is 76.1 Å². The summed E-state index contributed by atoms with van der Waals surface area (Å²) in [5.41, 5.74) is 1.67. The first-order chi connectivity index (χ1) is 14.8. The van der Waals surface area contributed by atoms with Gasteiger partial charge in [0.05, 0.1) is 17.4 Å². The second kappa shape index (κ2) is 10.8. The highest BCUT2D eigenvalue weighted by Gasteiger charge is 2.16. The van der Waals surface area contributed by atoms with E-state index in [1.807, 2.05) is 24.3 Å². The Morgan fingerprint density at radius 3 is 2.35 bits per heavy atom. The SMILES string of the molecule is CC(Sc1ccc(NC(=O)Cc2ccc(Cl)cc2)cc1)C(=O)Nc1ccc(Br)cc1F. The van der Waals surface area contributed by atoms with Crippen molar-refractivity contribution in [3.8, 4) is 0 Å². The summed E-state index contributed by atoms with van der Waals surface area (Å²) in [6, 6.07) is 18.8. The fourth-order valence-electron chi connectivity index (χ4n) is 2.69. The van der Waals surface area contributed by atoms with Crippen molar-refractivity contribution in [1.82, 2.24) is 0 Å². The van der Waals surface area contributed by atoms with Gasteiger partial charge < -0.3 is 10.6 Å². The number of benzene rings is 3. The molecule has 1 unspecified atom stereocenters. The van der Waals surface area contributed by atoms with Gasteiger partial charge in [-0.05, 0) is 67.1 Å². The lowest BCUT2D eigenvalue weighted by atomic mass is 10.1. The van der Waals surface area contributed by atoms with Crippen LogP contribution in [-0.4, -0.2) is 17.1 Å². The Balaban J connectivity index is 1.52. The molecule has 0 fully saturated rings. The molecule has 0 aliphatic heterocycles. The molecule has 0 aliphatic rings. The molecule has 1 atom stereocenters. The number of hydrogen-bond acceptors (Lipinski definition) is 3. The number of anilines is 2. The van der Waals surface area contributed by atoms with Crippen LogP contribution in [0.25, 0.3) is 0 Å². The van der Waals surface area contributed by atoms with Gasteiger partial charge in [0, 0.05) is 20.1 Å². The molecule has 8 heteroatoms. The molecule has 3 aromatic rings. The van der Waals surface area contributed by atoms with Gasteiger partial charge in [0.2, 0.25) is 11.8 Å². The maximum Gasteiger partial charge on any atom is 0.237 e. The van der Waals surface area contributed by atoms with E-state index in [1.54, 1.807) is 37.3 Å². The zero-order chi connectivity index (χ0) is 22.4. The van der Waals surface area contributed by atoms with Crippen molar-refractivity contribution < 1.29 is 14.0 Å². The largest absolute Gasteiger partial charge is 0.326 e. The number of halogens is 3. The molecule has 4 nitrogen and oxygen atoms in total. The van der Waals surface area contributed by atoms with Crippen molar-refractivity contribution in [1.29, 1.82) is 0 Å². The smallest absolute Gasteiger partial charge is 0.237 e. The molecule has 0 bridgehead atoms. The van der Waals surface area contributed by atoms with Crippen LogP contribution in [0.5, 0.6) is 0 Å². The van der Waals surface area contributed by atoms with E-state index in [0.717, 1.165) is 10.5 Å². The molecule has 0 saturated carbocycles. The first kappa shape index (κ1) is 23.3. The molecule has 0 aliphatic carbocycles. The van der Waals surface area contributed by atoms with Gasteiger partial charge in [-0.15, -0.1) is 11.8 Å². The third-order valence-corrected chi connectivity index (χ3v) is 6.14. The first-order valence-corrected chi connectivity index (χ1v) is 11.4. The lowest BCUT2D eigenvalue weighted by Crippen LogP contribution is -2.22. The zero-order valence-corrected chi connectivity index (χ0v) is 19.7. The lowest BCUT2D eigenvalue weighted by Gasteiger charge is -2.13. The molecule has 3 aromatic carbocycles. The van der Waals surface area contributed by atoms with Gasteiger partial charge in [0.15, 0.2) is 0 Å². The van der Waals surface area contributed by atoms with Crippen LogP contribution in [-0.2, 0) is 16.0 Å². The summed E-state index contributed by atoms with van der Waals surface area (Å²) in [5, 5.41) is 5.64. The summed E-state index contributed by atoms with van der Waals surface area (Å²) in [6.07, 6.45) is 0.248. The van der Waals surface area contributed by atoms with E-state index in [1.165, 1.54) is 23.9 Å². The Hall–Kier alpha value is -2.35. The van der Waals surface area contributed by atoms with Gasteiger partial charge in [-0.1, -0.05) is 39.7 Å². The molecular weight excluding hydrogens is 503 g/mol. The van der Waals surface area contributed by atoms with Crippen LogP contribution in [0.4, 0.5) is 15.8 Å². The normalized spacial score (nSPS) is 11.6. The molecule has 31 heavy (non-hydrogen) atoms. The van der Waals surface area contributed by atoms with E-state index in [0.29, 0.717) is 15.2 Å². The Bertz CT molecular complexity index is 1080. The third kappa shape index (κ3) is 7.09. The van der Waals surface area contributed by atoms with E-state index in [-0.39, 0.29) is 23.9 Å². The van der Waals surface area contributed by atoms with Crippen molar-refractivity contribution >= 4 is 62.5 Å². The van der Waals surface area contributed by atoms with Crippen molar-refractivity contribution in [2.75, 3.05) is 10.6 Å². The number of hydrogen-bond donors (Lipinski definition) is 2. The summed E-state index contributed by atoms with van der Waals surface area (Å²) in [4.78, 5) is 25.4. The first-order valence-electron chi connectivity index (χ1n) is 9.37. The lowest BCUT2D eigenvalue weighted by molar-refractivity contribution is -0.116. The molecular formula is C23H19BrClFN2O2S. The summed E-state index contributed by atoms with van der Waals surface area (Å²) in [5.74, 6) is -0.933. The fourth-order valence-corrected chi connectivity index (χ4v) is 4.02. The molecule has 0 radical (unpaired) electrons. The molecule has 0 saturated heterocycles. The highest BCUT2D eigenvalue weighted by atomic mass is 79.9. The highest BCUT2D eigenvalue weighted by molar-refractivity contribution is 9.10. The summed E-state index contributed by atoms with van der Waals surface area (Å²) in [6.45, 7) is 1.75. The van der Waals surface area contributed by atoms with Crippen molar-refractivity contribution in [2.45, 2.75) is 23.5 Å². The molecule has 0 spiro atoms. The van der Waals surface area contributed by atoms with Crippen molar-refractivity contribution in [2.24, 2.45) is 0 Å². The van der Waals surface area contributed by atoms with Gasteiger partial charge in [0.25, 0.3) is 0 Å². The van der Waals surface area contributed by atoms with Crippen LogP contribution in [0.1, 0.15) is 12.5 Å². The van der Waals surface area contributed by atoms with Crippen LogP contribution in [0, 0.1) is 5.82 Å². The Morgan fingerprint density at radius 2 is 1.71 bits per heavy atom. The number of carbonyl (C=O) groups excluding carboxylic acids is 2. The third-order valence-electron chi connectivity index (χ3n) is 4.29. The predicted molar refractivity (Wildman–Crippen MR) is 128 cm³/mol. The number of rotatable bonds is 7. The average molecular weight is 522 g/mol. The summed E-state index contributed by atoms with van der Waals surface area (Å²) in [7, 11) is 0. The fraction of sp³-hybridized carbons (Fsp3) is 0.130. The standard InChI is InChI=1S/C23H19BrClFN2O2S/c1-14(23(30)28-21-11-4-16(24)13-20(21)26)31-19-9-7-18(8-10-19)27-22(29)12-15-2-5-17(25)6-3-15/h2-11,13-14H,12H2,1H3,(H,27,29)(H,28,30). The van der Waals surface area contributed by atoms with Crippen LogP contribution >= 0.6 is 39.3 Å². The van der Waals surface area contributed by atoms with Crippen molar-refractivity contribution in [3.05, 3.63) is 87.6 Å². The predicted octanol–water partition coefficient (Wildman–Crippen LogP) is 6.54. The van der Waals surface area contributed by atoms with Gasteiger partial charge in [-0.2, -0.15) is 0 Å². The summed E-state index contributed by atoms with van der Waals surface area (Å²) < 4.78 is 14.5. The second-order valence-corrected chi connectivity index (χ2v) is 9.52. The zero-order valence-electron chi connectivity index (χ0n) is 16.5. The molecule has 2 amide bonds. The molecule has 3 rings (SSSR count). The quantitative estimate of drug-likeness (QED) is 0.347. The second-order valence-electron chi connectivity index (χ2n) is 6.75. The van der Waals surface area contributed by atoms with E-state index in [4.69, 9.17) is 11.6 Å². The summed E-state index contributed by atoms with van der Waals surface area (Å²) >= 11 is 10.4. The van der Waals surface area contributed by atoms with Crippen molar-refractivity contribution in [3.63, 3.8) is 0 Å². The Morgan fingerprint density at radius 1 is 1.03 bits per heavy atom. The molecule has 160 valence electrons. The Labute approximate surface area is 197 Å². The van der Waals surface area contributed by atoms with E-state index in [9.17, 15) is 14.0 Å². The topological polar surface area (TPSA) is 58.2 Å². The minimum Gasteiger partial charge on any atom is -0.326 e. The van der Waals surface area contributed by atoms with Gasteiger partial charge in [0.1, 0.15) is 5.82 Å². The van der Waals surface area contributed by atoms with Gasteiger partial charge in [-0.25, -0.2) is 4.39 Å². The van der Waals surface area contributed by atoms with Crippen LogP contribution < -0.4 is 10.6 Å². The molecule has 0 aromatic heterocycles. The van der Waals surface area contributed by atoms with Gasteiger partial charge in [-0.3, -0.25) is 9.59 Å². The molecule has 0 heterocycles. The van der Waals surface area contributed by atoms with E-state index < -0.39 is 11.1 Å².